The van der Waals surface area contributed by atoms with Crippen LogP contribution in [0.4, 0.5) is 0 Å². The van der Waals surface area contributed by atoms with Gasteiger partial charge in [0.05, 0.1) is 12.8 Å². The number of aromatic nitrogens is 1. The number of nitrogens with one attached hydrogen (secondary N) is 1. The van der Waals surface area contributed by atoms with Gasteiger partial charge in [-0.2, -0.15) is 0 Å². The number of hydrogen-bond acceptors (Lipinski definition) is 3. The van der Waals surface area contributed by atoms with Crippen molar-refractivity contribution in [1.82, 2.24) is 10.3 Å². The molecule has 0 aliphatic carbocycles. The van der Waals surface area contributed by atoms with Gasteiger partial charge >= 0.3 is 0 Å². The molecule has 0 saturated heterocycles. The maximum atomic E-state index is 5.92. The fourth-order valence-corrected chi connectivity index (χ4v) is 1.78. The molecule has 1 aliphatic rings. The average molecular weight is 225 g/mol. The highest BCUT2D eigenvalue weighted by atomic mass is 35.5. The molecule has 2 rings (SSSR count). The van der Waals surface area contributed by atoms with Gasteiger partial charge in [0, 0.05) is 6.54 Å². The summed E-state index contributed by atoms with van der Waals surface area (Å²) >= 11 is 5.92. The molecule has 0 unspecified atom stereocenters. The zero-order valence-corrected chi connectivity index (χ0v) is 9.34. The zero-order valence-electron chi connectivity index (χ0n) is 8.59. The molecule has 1 N–H and O–H groups in total. The van der Waals surface area contributed by atoms with Crippen LogP contribution in [0.3, 0.4) is 0 Å². The van der Waals surface area contributed by atoms with Crippen LogP contribution in [0.5, 0.6) is 5.88 Å². The van der Waals surface area contributed by atoms with Crippen LogP contribution in [0.25, 0.3) is 5.57 Å². The molecule has 0 fully saturated rings. The van der Waals surface area contributed by atoms with Crippen molar-refractivity contribution >= 4 is 17.2 Å². The Morgan fingerprint density at radius 1 is 1.47 bits per heavy atom. The molecule has 15 heavy (non-hydrogen) atoms. The Balaban J connectivity index is 2.32. The van der Waals surface area contributed by atoms with Crippen molar-refractivity contribution in [3.8, 4) is 5.88 Å². The van der Waals surface area contributed by atoms with Gasteiger partial charge in [-0.15, -0.1) is 0 Å². The SMILES string of the molecule is COc1nc(C2=CCNCC2)ccc1Cl. The van der Waals surface area contributed by atoms with E-state index in [9.17, 15) is 0 Å². The lowest BCUT2D eigenvalue weighted by Crippen LogP contribution is -2.20. The second-order valence-electron chi connectivity index (χ2n) is 3.37. The monoisotopic (exact) mass is 224 g/mol. The number of ether oxygens (including phenoxy) is 1. The quantitative estimate of drug-likeness (QED) is 0.836. The molecule has 4 heteroatoms. The maximum Gasteiger partial charge on any atom is 0.232 e. The minimum absolute atomic E-state index is 0.494. The Bertz CT molecular complexity index is 390. The van der Waals surface area contributed by atoms with E-state index >= 15 is 0 Å². The van der Waals surface area contributed by atoms with Crippen molar-refractivity contribution in [3.05, 3.63) is 28.9 Å². The molecule has 1 aromatic heterocycles. The predicted molar refractivity (Wildman–Crippen MR) is 61.3 cm³/mol. The molecule has 0 spiro atoms. The van der Waals surface area contributed by atoms with Gasteiger partial charge in [0.25, 0.3) is 0 Å². The highest BCUT2D eigenvalue weighted by molar-refractivity contribution is 6.31. The number of methoxy groups -OCH3 is 1. The molecule has 0 radical (unpaired) electrons. The van der Waals surface area contributed by atoms with E-state index in [0.717, 1.165) is 25.2 Å². The molecule has 1 aliphatic heterocycles. The number of hydrogen-bond donors (Lipinski definition) is 1. The first-order chi connectivity index (χ1) is 7.31. The standard InChI is InChI=1S/C11H13ClN2O/c1-15-11-9(12)2-3-10(14-11)8-4-6-13-7-5-8/h2-4,13H,5-7H2,1H3. The fourth-order valence-electron chi connectivity index (χ4n) is 1.60. The van der Waals surface area contributed by atoms with Crippen LogP contribution >= 0.6 is 11.6 Å². The van der Waals surface area contributed by atoms with Crippen LogP contribution in [0.2, 0.25) is 5.02 Å². The fraction of sp³-hybridized carbons (Fsp3) is 0.364. The summed E-state index contributed by atoms with van der Waals surface area (Å²) in [5.74, 6) is 0.494. The van der Waals surface area contributed by atoms with Crippen molar-refractivity contribution in [2.45, 2.75) is 6.42 Å². The Morgan fingerprint density at radius 3 is 3.00 bits per heavy atom. The summed E-state index contributed by atoms with van der Waals surface area (Å²) in [6.45, 7) is 1.90. The molecule has 0 amide bonds. The molecule has 0 atom stereocenters. The van der Waals surface area contributed by atoms with Gasteiger partial charge in [0.15, 0.2) is 0 Å². The highest BCUT2D eigenvalue weighted by Gasteiger charge is 2.09. The van der Waals surface area contributed by atoms with Gasteiger partial charge in [-0.05, 0) is 30.7 Å². The van der Waals surface area contributed by atoms with Crippen molar-refractivity contribution < 1.29 is 4.74 Å². The summed E-state index contributed by atoms with van der Waals surface area (Å²) in [6, 6.07) is 3.76. The molecule has 80 valence electrons. The van der Waals surface area contributed by atoms with Gasteiger partial charge in [0.2, 0.25) is 5.88 Å². The molecule has 0 bridgehead atoms. The normalized spacial score (nSPS) is 16.0. The van der Waals surface area contributed by atoms with Crippen LogP contribution in [0, 0.1) is 0 Å². The van der Waals surface area contributed by atoms with E-state index in [1.165, 1.54) is 5.57 Å². The largest absolute Gasteiger partial charge is 0.480 e. The molecule has 3 nitrogen and oxygen atoms in total. The Labute approximate surface area is 94.1 Å². The van der Waals surface area contributed by atoms with Gasteiger partial charge in [0.1, 0.15) is 5.02 Å². The first-order valence-electron chi connectivity index (χ1n) is 4.92. The molecule has 0 saturated carbocycles. The highest BCUT2D eigenvalue weighted by Crippen LogP contribution is 2.25. The first kappa shape index (κ1) is 10.5. The smallest absolute Gasteiger partial charge is 0.232 e. The summed E-state index contributed by atoms with van der Waals surface area (Å²) in [6.07, 6.45) is 3.15. The van der Waals surface area contributed by atoms with Crippen molar-refractivity contribution in [3.63, 3.8) is 0 Å². The lowest BCUT2D eigenvalue weighted by molar-refractivity contribution is 0.397. The Kier molecular flexibility index (Phi) is 3.23. The van der Waals surface area contributed by atoms with E-state index in [2.05, 4.69) is 16.4 Å². The van der Waals surface area contributed by atoms with Crippen LogP contribution in [0.15, 0.2) is 18.2 Å². The second kappa shape index (κ2) is 4.64. The molecule has 0 aromatic carbocycles. The molecule has 2 heterocycles. The number of halogens is 1. The minimum Gasteiger partial charge on any atom is -0.480 e. The number of pyridine rings is 1. The third kappa shape index (κ3) is 2.30. The summed E-state index contributed by atoms with van der Waals surface area (Å²) in [4.78, 5) is 4.36. The Morgan fingerprint density at radius 2 is 2.33 bits per heavy atom. The number of nitrogens with zero attached hydrogens (tertiary/aromatic N) is 1. The first-order valence-corrected chi connectivity index (χ1v) is 5.29. The van der Waals surface area contributed by atoms with E-state index in [1.54, 1.807) is 7.11 Å². The zero-order chi connectivity index (χ0) is 10.7. The van der Waals surface area contributed by atoms with Crippen molar-refractivity contribution in [1.29, 1.82) is 0 Å². The molecule has 1 aromatic rings. The lowest BCUT2D eigenvalue weighted by atomic mass is 10.1. The summed E-state index contributed by atoms with van der Waals surface area (Å²) in [7, 11) is 1.58. The third-order valence-corrected chi connectivity index (χ3v) is 2.69. The third-order valence-electron chi connectivity index (χ3n) is 2.40. The Hall–Kier alpha value is -1.06. The lowest BCUT2D eigenvalue weighted by Gasteiger charge is -2.14. The predicted octanol–water partition coefficient (Wildman–Crippen LogP) is 2.12. The topological polar surface area (TPSA) is 34.1 Å². The van der Waals surface area contributed by atoms with Crippen LogP contribution in [-0.4, -0.2) is 25.2 Å². The van der Waals surface area contributed by atoms with E-state index in [4.69, 9.17) is 16.3 Å². The van der Waals surface area contributed by atoms with E-state index < -0.39 is 0 Å². The summed E-state index contributed by atoms with van der Waals surface area (Å²) in [5.41, 5.74) is 2.21. The average Bonchev–Trinajstić information content (AvgIpc) is 2.31. The van der Waals surface area contributed by atoms with Gasteiger partial charge in [-0.3, -0.25) is 0 Å². The van der Waals surface area contributed by atoms with Crippen molar-refractivity contribution in [2.24, 2.45) is 0 Å². The van der Waals surface area contributed by atoms with E-state index in [1.807, 2.05) is 12.1 Å². The van der Waals surface area contributed by atoms with E-state index in [-0.39, 0.29) is 0 Å². The minimum atomic E-state index is 0.494. The van der Waals surface area contributed by atoms with Gasteiger partial charge < -0.3 is 10.1 Å². The van der Waals surface area contributed by atoms with Crippen LogP contribution in [-0.2, 0) is 0 Å². The van der Waals surface area contributed by atoms with Crippen molar-refractivity contribution in [2.75, 3.05) is 20.2 Å². The van der Waals surface area contributed by atoms with Crippen LogP contribution < -0.4 is 10.1 Å². The second-order valence-corrected chi connectivity index (χ2v) is 3.78. The molecular formula is C11H13ClN2O. The maximum absolute atomic E-state index is 5.92. The molecular weight excluding hydrogens is 212 g/mol. The van der Waals surface area contributed by atoms with E-state index in [0.29, 0.717) is 10.9 Å². The van der Waals surface area contributed by atoms with Gasteiger partial charge in [-0.25, -0.2) is 4.98 Å². The van der Waals surface area contributed by atoms with Gasteiger partial charge in [-0.1, -0.05) is 17.7 Å². The summed E-state index contributed by atoms with van der Waals surface area (Å²) in [5, 5.41) is 3.81. The number of rotatable bonds is 2. The summed E-state index contributed by atoms with van der Waals surface area (Å²) < 4.78 is 5.09. The van der Waals surface area contributed by atoms with Crippen LogP contribution in [0.1, 0.15) is 12.1 Å².